The number of aromatic nitrogens is 4. The Hall–Kier alpha value is -1.87. The van der Waals surface area contributed by atoms with E-state index in [1.54, 1.807) is 12.1 Å². The molecule has 0 spiro atoms. The molecule has 5 nitrogen and oxygen atoms in total. The van der Waals surface area contributed by atoms with Gasteiger partial charge in [-0.25, -0.2) is 0 Å². The molecule has 6 heteroatoms. The number of tetrazole rings is 1. The van der Waals surface area contributed by atoms with Crippen molar-refractivity contribution in [2.45, 2.75) is 10.9 Å². The van der Waals surface area contributed by atoms with E-state index in [-0.39, 0.29) is 0 Å². The molecule has 0 fully saturated rings. The Morgan fingerprint density at radius 1 is 1.33 bits per heavy atom. The third kappa shape index (κ3) is 2.54. The molecule has 2 rings (SSSR count). The second-order valence-electron chi connectivity index (χ2n) is 2.79. The third-order valence-electron chi connectivity index (χ3n) is 1.78. The first kappa shape index (κ1) is 9.68. The van der Waals surface area contributed by atoms with Crippen LogP contribution in [-0.2, 0) is 5.75 Å². The van der Waals surface area contributed by atoms with Gasteiger partial charge in [-0.15, -0.1) is 10.2 Å². The Labute approximate surface area is 90.5 Å². The molecule has 0 aliphatic heterocycles. The van der Waals surface area contributed by atoms with Crippen LogP contribution in [0.4, 0.5) is 0 Å². The maximum Gasteiger partial charge on any atom is 0.231 e. The van der Waals surface area contributed by atoms with Crippen LogP contribution < -0.4 is 0 Å². The van der Waals surface area contributed by atoms with E-state index in [2.05, 4.69) is 26.7 Å². The molecule has 0 bridgehead atoms. The number of nitrogens with zero attached hydrogens (tertiary/aromatic N) is 4. The van der Waals surface area contributed by atoms with Crippen LogP contribution in [0.3, 0.4) is 0 Å². The fourth-order valence-electron chi connectivity index (χ4n) is 1.04. The van der Waals surface area contributed by atoms with Crippen molar-refractivity contribution < 1.29 is 0 Å². The van der Waals surface area contributed by atoms with Crippen molar-refractivity contribution in [3.05, 3.63) is 35.4 Å². The number of nitriles is 1. The van der Waals surface area contributed by atoms with Crippen LogP contribution in [0.1, 0.15) is 11.1 Å². The van der Waals surface area contributed by atoms with E-state index in [1.807, 2.05) is 12.1 Å². The lowest BCUT2D eigenvalue weighted by molar-refractivity contribution is 0.881. The highest BCUT2D eigenvalue weighted by molar-refractivity contribution is 7.98. The molecule has 0 saturated carbocycles. The average Bonchev–Trinajstić information content (AvgIpc) is 2.80. The van der Waals surface area contributed by atoms with E-state index in [9.17, 15) is 0 Å². The molecule has 0 radical (unpaired) electrons. The predicted octanol–water partition coefficient (Wildman–Crippen LogP) is 1.36. The quantitative estimate of drug-likeness (QED) is 0.785. The molecule has 1 heterocycles. The second kappa shape index (κ2) is 4.57. The van der Waals surface area contributed by atoms with Gasteiger partial charge in [-0.3, -0.25) is 0 Å². The van der Waals surface area contributed by atoms with Gasteiger partial charge in [0.15, 0.2) is 0 Å². The van der Waals surface area contributed by atoms with E-state index >= 15 is 0 Å². The Kier molecular flexibility index (Phi) is 2.95. The summed E-state index contributed by atoms with van der Waals surface area (Å²) in [6.07, 6.45) is 0. The van der Waals surface area contributed by atoms with Crippen LogP contribution in [0.2, 0.25) is 0 Å². The minimum Gasteiger partial charge on any atom is -0.192 e. The zero-order valence-corrected chi connectivity index (χ0v) is 8.53. The number of hydrogen-bond donors (Lipinski definition) is 1. The summed E-state index contributed by atoms with van der Waals surface area (Å²) < 4.78 is 0. The first-order valence-corrected chi connectivity index (χ1v) is 5.22. The summed E-state index contributed by atoms with van der Waals surface area (Å²) in [6.45, 7) is 0. The monoisotopic (exact) mass is 217 g/mol. The Bertz CT molecular complexity index is 456. The van der Waals surface area contributed by atoms with Crippen LogP contribution in [0.5, 0.6) is 0 Å². The van der Waals surface area contributed by atoms with Crippen LogP contribution in [0.15, 0.2) is 29.4 Å². The van der Waals surface area contributed by atoms with Gasteiger partial charge in [0.2, 0.25) is 5.16 Å². The number of H-pyrrole nitrogens is 1. The zero-order valence-electron chi connectivity index (χ0n) is 7.71. The van der Waals surface area contributed by atoms with Crippen molar-refractivity contribution in [1.29, 1.82) is 5.26 Å². The summed E-state index contributed by atoms with van der Waals surface area (Å²) in [5.74, 6) is 0.769. The van der Waals surface area contributed by atoms with Gasteiger partial charge < -0.3 is 0 Å². The summed E-state index contributed by atoms with van der Waals surface area (Å²) in [5.41, 5.74) is 1.80. The molecule has 0 amide bonds. The highest BCUT2D eigenvalue weighted by Crippen LogP contribution is 2.17. The van der Waals surface area contributed by atoms with Crippen molar-refractivity contribution in [3.63, 3.8) is 0 Å². The molecule has 0 aliphatic carbocycles. The molecule has 15 heavy (non-hydrogen) atoms. The van der Waals surface area contributed by atoms with Crippen LogP contribution >= 0.6 is 11.8 Å². The fourth-order valence-corrected chi connectivity index (χ4v) is 1.73. The van der Waals surface area contributed by atoms with E-state index in [0.29, 0.717) is 10.7 Å². The second-order valence-corrected chi connectivity index (χ2v) is 3.73. The van der Waals surface area contributed by atoms with Crippen molar-refractivity contribution >= 4 is 11.8 Å². The largest absolute Gasteiger partial charge is 0.231 e. The van der Waals surface area contributed by atoms with Crippen LogP contribution in [-0.4, -0.2) is 20.6 Å². The Morgan fingerprint density at radius 2 is 2.13 bits per heavy atom. The average molecular weight is 217 g/mol. The lowest BCUT2D eigenvalue weighted by Crippen LogP contribution is -1.82. The minimum atomic E-state index is 0.624. The SMILES string of the molecule is N#Cc1ccc(CSc2nn[nH]n2)cc1. The molecule has 0 aliphatic rings. The molecule has 2 aromatic rings. The summed E-state index contributed by atoms with van der Waals surface area (Å²) in [7, 11) is 0. The van der Waals surface area contributed by atoms with Crippen molar-refractivity contribution in [1.82, 2.24) is 20.6 Å². The van der Waals surface area contributed by atoms with E-state index in [0.717, 1.165) is 11.3 Å². The molecular formula is C9H7N5S. The topological polar surface area (TPSA) is 78.2 Å². The third-order valence-corrected chi connectivity index (χ3v) is 2.69. The maximum absolute atomic E-state index is 8.62. The standard InChI is InChI=1S/C9H7N5S/c10-5-7-1-3-8(4-2-7)6-15-9-11-13-14-12-9/h1-4H,6H2,(H,11,12,13,14). The van der Waals surface area contributed by atoms with Gasteiger partial charge in [-0.2, -0.15) is 10.5 Å². The number of thioether (sulfide) groups is 1. The van der Waals surface area contributed by atoms with Gasteiger partial charge in [-0.1, -0.05) is 23.9 Å². The van der Waals surface area contributed by atoms with Gasteiger partial charge in [-0.05, 0) is 22.9 Å². The molecule has 0 atom stereocenters. The molecule has 74 valence electrons. The van der Waals surface area contributed by atoms with E-state index < -0.39 is 0 Å². The minimum absolute atomic E-state index is 0.624. The first-order chi connectivity index (χ1) is 7.38. The fraction of sp³-hybridized carbons (Fsp3) is 0.111. The predicted molar refractivity (Wildman–Crippen MR) is 54.9 cm³/mol. The molecule has 1 aromatic carbocycles. The van der Waals surface area contributed by atoms with Crippen molar-refractivity contribution in [3.8, 4) is 6.07 Å². The highest BCUT2D eigenvalue weighted by Gasteiger charge is 2.00. The summed E-state index contributed by atoms with van der Waals surface area (Å²) in [5, 5.41) is 22.8. The molecular weight excluding hydrogens is 210 g/mol. The van der Waals surface area contributed by atoms with Crippen LogP contribution in [0, 0.1) is 11.3 Å². The molecule has 1 aromatic heterocycles. The number of hydrogen-bond acceptors (Lipinski definition) is 5. The number of nitrogens with one attached hydrogen (secondary N) is 1. The van der Waals surface area contributed by atoms with Gasteiger partial charge in [0.05, 0.1) is 11.6 Å². The van der Waals surface area contributed by atoms with Gasteiger partial charge in [0.25, 0.3) is 0 Å². The maximum atomic E-state index is 8.62. The molecule has 1 N–H and O–H groups in total. The number of rotatable bonds is 3. The highest BCUT2D eigenvalue weighted by atomic mass is 32.2. The molecule has 0 unspecified atom stereocenters. The smallest absolute Gasteiger partial charge is 0.192 e. The first-order valence-electron chi connectivity index (χ1n) is 4.24. The van der Waals surface area contributed by atoms with Crippen molar-refractivity contribution in [2.75, 3.05) is 0 Å². The van der Waals surface area contributed by atoms with Crippen molar-refractivity contribution in [2.24, 2.45) is 0 Å². The lowest BCUT2D eigenvalue weighted by Gasteiger charge is -1.97. The van der Waals surface area contributed by atoms with Gasteiger partial charge in [0, 0.05) is 5.75 Å². The number of aromatic amines is 1. The summed E-state index contributed by atoms with van der Waals surface area (Å²) in [6, 6.07) is 9.52. The normalized spacial score (nSPS) is 9.80. The lowest BCUT2D eigenvalue weighted by atomic mass is 10.2. The van der Waals surface area contributed by atoms with E-state index in [4.69, 9.17) is 5.26 Å². The van der Waals surface area contributed by atoms with E-state index in [1.165, 1.54) is 11.8 Å². The summed E-state index contributed by atoms with van der Waals surface area (Å²) in [4.78, 5) is 0. The van der Waals surface area contributed by atoms with Gasteiger partial charge >= 0.3 is 0 Å². The Balaban J connectivity index is 1.97. The van der Waals surface area contributed by atoms with Gasteiger partial charge in [0.1, 0.15) is 0 Å². The zero-order chi connectivity index (χ0) is 10.5. The van der Waals surface area contributed by atoms with Crippen LogP contribution in [0.25, 0.3) is 0 Å². The Morgan fingerprint density at radius 3 is 2.73 bits per heavy atom. The number of benzene rings is 1. The summed E-state index contributed by atoms with van der Waals surface area (Å²) >= 11 is 1.49. The molecule has 0 saturated heterocycles.